The number of anilines is 2. The van der Waals surface area contributed by atoms with Crippen LogP contribution in [-0.4, -0.2) is 31.3 Å². The monoisotopic (exact) mass is 484 g/mol. The summed E-state index contributed by atoms with van der Waals surface area (Å²) in [5, 5.41) is 5.98. The van der Waals surface area contributed by atoms with E-state index in [0.717, 1.165) is 10.5 Å². The highest BCUT2D eigenvalue weighted by molar-refractivity contribution is 8.00. The van der Waals surface area contributed by atoms with E-state index in [1.165, 1.54) is 18.9 Å². The zero-order chi connectivity index (χ0) is 24.0. The summed E-state index contributed by atoms with van der Waals surface area (Å²) < 4.78 is 10.5. The maximum Gasteiger partial charge on any atom is 0.255 e. The molecule has 33 heavy (non-hydrogen) atoms. The Balaban J connectivity index is 1.60. The number of carbonyl (C=O) groups excluding carboxylic acids is 2. The van der Waals surface area contributed by atoms with Gasteiger partial charge in [0.25, 0.3) is 5.91 Å². The second-order valence-corrected chi connectivity index (χ2v) is 9.08. The van der Waals surface area contributed by atoms with Crippen LogP contribution in [0.25, 0.3) is 0 Å². The van der Waals surface area contributed by atoms with Crippen molar-refractivity contribution in [2.24, 2.45) is 0 Å². The van der Waals surface area contributed by atoms with Crippen molar-refractivity contribution in [3.63, 3.8) is 0 Å². The molecule has 2 N–H and O–H groups in total. The Morgan fingerprint density at radius 1 is 0.970 bits per heavy atom. The van der Waals surface area contributed by atoms with Crippen LogP contribution in [0.15, 0.2) is 65.6 Å². The number of halogens is 1. The maximum absolute atomic E-state index is 12.7. The number of benzene rings is 3. The van der Waals surface area contributed by atoms with E-state index in [-0.39, 0.29) is 17.1 Å². The fourth-order valence-electron chi connectivity index (χ4n) is 3.01. The smallest absolute Gasteiger partial charge is 0.255 e. The van der Waals surface area contributed by atoms with Crippen LogP contribution in [0.3, 0.4) is 0 Å². The second kappa shape index (κ2) is 11.1. The molecule has 172 valence electrons. The zero-order valence-electron chi connectivity index (χ0n) is 18.8. The molecule has 0 spiro atoms. The van der Waals surface area contributed by atoms with Gasteiger partial charge in [-0.25, -0.2) is 0 Å². The van der Waals surface area contributed by atoms with Crippen molar-refractivity contribution in [2.75, 3.05) is 24.9 Å². The molecule has 0 bridgehead atoms. The van der Waals surface area contributed by atoms with Gasteiger partial charge in [-0.2, -0.15) is 0 Å². The van der Waals surface area contributed by atoms with Crippen LogP contribution >= 0.6 is 23.4 Å². The normalized spacial score (nSPS) is 11.4. The first-order valence-electron chi connectivity index (χ1n) is 10.2. The molecule has 6 nitrogen and oxygen atoms in total. The number of nitrogens with one attached hydrogen (secondary N) is 2. The van der Waals surface area contributed by atoms with Crippen molar-refractivity contribution in [3.05, 3.63) is 76.8 Å². The Bertz CT molecular complexity index is 1150. The number of aryl methyl sites for hydroxylation is 1. The first-order chi connectivity index (χ1) is 15.8. The van der Waals surface area contributed by atoms with Gasteiger partial charge in [-0.05, 0) is 67.9 Å². The SMILES string of the molecule is COc1cccc(C(=O)Nc2ccc(SC(C)C(=O)Nc3cc(C)c(Cl)cc3OC)cc2)c1. The van der Waals surface area contributed by atoms with Gasteiger partial charge in [-0.3, -0.25) is 9.59 Å². The largest absolute Gasteiger partial charge is 0.497 e. The van der Waals surface area contributed by atoms with E-state index >= 15 is 0 Å². The van der Waals surface area contributed by atoms with Crippen LogP contribution in [0.1, 0.15) is 22.8 Å². The molecule has 0 saturated carbocycles. The molecule has 1 atom stereocenters. The number of thioether (sulfide) groups is 1. The van der Waals surface area contributed by atoms with Gasteiger partial charge in [-0.15, -0.1) is 11.8 Å². The van der Waals surface area contributed by atoms with Crippen molar-refractivity contribution in [3.8, 4) is 11.5 Å². The lowest BCUT2D eigenvalue weighted by Gasteiger charge is -2.15. The highest BCUT2D eigenvalue weighted by atomic mass is 35.5. The molecule has 3 aromatic carbocycles. The molecule has 1 unspecified atom stereocenters. The molecular formula is C25H25ClN2O4S. The van der Waals surface area contributed by atoms with Crippen molar-refractivity contribution in [1.29, 1.82) is 0 Å². The maximum atomic E-state index is 12.7. The third-order valence-electron chi connectivity index (χ3n) is 4.86. The summed E-state index contributed by atoms with van der Waals surface area (Å²) in [5.74, 6) is 0.741. The van der Waals surface area contributed by atoms with E-state index in [0.29, 0.717) is 33.5 Å². The summed E-state index contributed by atoms with van der Waals surface area (Å²) in [4.78, 5) is 26.1. The summed E-state index contributed by atoms with van der Waals surface area (Å²) in [5.41, 5.74) is 2.59. The van der Waals surface area contributed by atoms with Crippen LogP contribution < -0.4 is 20.1 Å². The Morgan fingerprint density at radius 2 is 1.70 bits per heavy atom. The molecule has 0 aliphatic carbocycles. The number of methoxy groups -OCH3 is 2. The predicted octanol–water partition coefficient (Wildman–Crippen LogP) is 6.04. The molecule has 0 aliphatic rings. The van der Waals surface area contributed by atoms with Crippen LogP contribution in [0.4, 0.5) is 11.4 Å². The number of hydrogen-bond donors (Lipinski definition) is 2. The van der Waals surface area contributed by atoms with E-state index in [1.54, 1.807) is 55.6 Å². The van der Waals surface area contributed by atoms with Crippen molar-refractivity contribution >= 4 is 46.6 Å². The summed E-state index contributed by atoms with van der Waals surface area (Å²) in [7, 11) is 3.09. The minimum Gasteiger partial charge on any atom is -0.497 e. The number of amides is 2. The average molecular weight is 485 g/mol. The topological polar surface area (TPSA) is 76.7 Å². The van der Waals surface area contributed by atoms with E-state index < -0.39 is 0 Å². The van der Waals surface area contributed by atoms with E-state index in [9.17, 15) is 9.59 Å². The van der Waals surface area contributed by atoms with Crippen LogP contribution in [-0.2, 0) is 4.79 Å². The zero-order valence-corrected chi connectivity index (χ0v) is 20.3. The lowest BCUT2D eigenvalue weighted by atomic mass is 10.2. The van der Waals surface area contributed by atoms with Crippen LogP contribution in [0.5, 0.6) is 11.5 Å². The fraction of sp³-hybridized carbons (Fsp3) is 0.200. The first kappa shape index (κ1) is 24.5. The molecule has 0 saturated heterocycles. The predicted molar refractivity (Wildman–Crippen MR) is 134 cm³/mol. The fourth-order valence-corrected chi connectivity index (χ4v) is 4.03. The third-order valence-corrected chi connectivity index (χ3v) is 6.38. The second-order valence-electron chi connectivity index (χ2n) is 7.26. The van der Waals surface area contributed by atoms with Crippen molar-refractivity contribution < 1.29 is 19.1 Å². The minimum atomic E-state index is -0.358. The van der Waals surface area contributed by atoms with E-state index in [1.807, 2.05) is 26.0 Å². The van der Waals surface area contributed by atoms with Gasteiger partial charge in [0.05, 0.1) is 25.2 Å². The molecule has 0 radical (unpaired) electrons. The third kappa shape index (κ3) is 6.43. The highest BCUT2D eigenvalue weighted by Crippen LogP contribution is 2.32. The Hall–Kier alpha value is -3.16. The van der Waals surface area contributed by atoms with Gasteiger partial charge >= 0.3 is 0 Å². The molecule has 0 aliphatic heterocycles. The summed E-state index contributed by atoms with van der Waals surface area (Å²) in [6.07, 6.45) is 0. The van der Waals surface area contributed by atoms with Gasteiger partial charge in [0.15, 0.2) is 0 Å². The quantitative estimate of drug-likeness (QED) is 0.381. The van der Waals surface area contributed by atoms with Crippen molar-refractivity contribution in [1.82, 2.24) is 0 Å². The van der Waals surface area contributed by atoms with Crippen LogP contribution in [0, 0.1) is 6.92 Å². The molecule has 0 aromatic heterocycles. The Morgan fingerprint density at radius 3 is 2.36 bits per heavy atom. The Labute approximate surface area is 202 Å². The van der Waals surface area contributed by atoms with Gasteiger partial charge in [0.2, 0.25) is 5.91 Å². The molecule has 0 fully saturated rings. The van der Waals surface area contributed by atoms with Gasteiger partial charge in [-0.1, -0.05) is 17.7 Å². The van der Waals surface area contributed by atoms with Gasteiger partial charge < -0.3 is 20.1 Å². The van der Waals surface area contributed by atoms with Gasteiger partial charge in [0.1, 0.15) is 11.5 Å². The summed E-state index contributed by atoms with van der Waals surface area (Å²) >= 11 is 7.55. The standard InChI is InChI=1S/C25H25ClN2O4S/c1-15-12-22(23(32-4)14-21(15)26)28-24(29)16(2)33-20-10-8-18(9-11-20)27-25(30)17-6-5-7-19(13-17)31-3/h5-14,16H,1-4H3,(H,27,30)(H,28,29). The molecule has 8 heteroatoms. The number of ether oxygens (including phenoxy) is 2. The van der Waals surface area contributed by atoms with E-state index in [2.05, 4.69) is 10.6 Å². The molecule has 2 amide bonds. The molecule has 3 aromatic rings. The highest BCUT2D eigenvalue weighted by Gasteiger charge is 2.17. The number of carbonyl (C=O) groups is 2. The van der Waals surface area contributed by atoms with E-state index in [4.69, 9.17) is 21.1 Å². The first-order valence-corrected chi connectivity index (χ1v) is 11.4. The van der Waals surface area contributed by atoms with Gasteiger partial charge in [0, 0.05) is 27.2 Å². The lowest BCUT2D eigenvalue weighted by Crippen LogP contribution is -2.22. The molecule has 3 rings (SSSR count). The summed E-state index contributed by atoms with van der Waals surface area (Å²) in [6.45, 7) is 3.69. The molecular weight excluding hydrogens is 460 g/mol. The molecule has 0 heterocycles. The van der Waals surface area contributed by atoms with Crippen LogP contribution in [0.2, 0.25) is 5.02 Å². The minimum absolute atomic E-state index is 0.157. The number of rotatable bonds is 8. The number of hydrogen-bond acceptors (Lipinski definition) is 5. The Kier molecular flexibility index (Phi) is 8.25. The van der Waals surface area contributed by atoms with Crippen molar-refractivity contribution in [2.45, 2.75) is 24.0 Å². The average Bonchev–Trinajstić information content (AvgIpc) is 2.82. The summed E-state index contributed by atoms with van der Waals surface area (Å²) in [6, 6.07) is 17.7. The lowest BCUT2D eigenvalue weighted by molar-refractivity contribution is -0.115.